The van der Waals surface area contributed by atoms with Crippen molar-refractivity contribution >= 4 is 22.9 Å². The number of fused-ring (bicyclic) bond motifs is 1. The fraction of sp³-hybridized carbons (Fsp3) is 0.261. The van der Waals surface area contributed by atoms with Gasteiger partial charge in [-0.2, -0.15) is 0 Å². The number of carbonyl (C=O) groups excluding carboxylic acids is 1. The molecule has 0 radical (unpaired) electrons. The molecule has 0 saturated heterocycles. The second kappa shape index (κ2) is 9.26. The van der Waals surface area contributed by atoms with Gasteiger partial charge in [0, 0.05) is 18.7 Å². The molecule has 3 aromatic rings. The monoisotopic (exact) mass is 407 g/mol. The largest absolute Gasteiger partial charge is 0.493 e. The van der Waals surface area contributed by atoms with E-state index in [0.717, 1.165) is 11.1 Å². The van der Waals surface area contributed by atoms with Gasteiger partial charge in [-0.1, -0.05) is 29.8 Å². The lowest BCUT2D eigenvalue weighted by Crippen LogP contribution is -2.30. The number of hydrogen-bond acceptors (Lipinski definition) is 5. The lowest BCUT2D eigenvalue weighted by Gasteiger charge is -2.18. The highest BCUT2D eigenvalue weighted by atomic mass is 16.5. The van der Waals surface area contributed by atoms with E-state index in [-0.39, 0.29) is 18.0 Å². The summed E-state index contributed by atoms with van der Waals surface area (Å²) in [5, 5.41) is 0.394. The second-order valence-electron chi connectivity index (χ2n) is 6.83. The summed E-state index contributed by atoms with van der Waals surface area (Å²) in [6, 6.07) is 11.2. The van der Waals surface area contributed by atoms with Gasteiger partial charge in [0.25, 0.3) is 5.56 Å². The first-order valence-electron chi connectivity index (χ1n) is 9.63. The fourth-order valence-electron chi connectivity index (χ4n) is 3.07. The Hall–Kier alpha value is -3.61. The summed E-state index contributed by atoms with van der Waals surface area (Å²) in [7, 11) is 3.03. The summed E-state index contributed by atoms with van der Waals surface area (Å²) in [4.78, 5) is 34.0. The van der Waals surface area contributed by atoms with Crippen molar-refractivity contribution < 1.29 is 14.3 Å². The third-order valence-corrected chi connectivity index (χ3v) is 4.79. The highest BCUT2D eigenvalue weighted by Gasteiger charge is 2.14. The maximum absolute atomic E-state index is 12.6. The SMILES string of the molecule is CCN(Cc1nc2cc(OC)c(OC)cc2c(=O)[nH]1)C(=O)/C=C/c1ccc(C)cc1. The molecular formula is C23H25N3O4. The van der Waals surface area contributed by atoms with E-state index in [4.69, 9.17) is 9.47 Å². The highest BCUT2D eigenvalue weighted by Crippen LogP contribution is 2.29. The topological polar surface area (TPSA) is 84.5 Å². The van der Waals surface area contributed by atoms with Crippen LogP contribution in [-0.4, -0.2) is 41.5 Å². The number of H-pyrrole nitrogens is 1. The number of aryl methyl sites for hydroxylation is 1. The van der Waals surface area contributed by atoms with Gasteiger partial charge in [-0.3, -0.25) is 9.59 Å². The number of likely N-dealkylation sites (N-methyl/N-ethyl adjacent to an activating group) is 1. The minimum Gasteiger partial charge on any atom is -0.493 e. The number of aromatic nitrogens is 2. The van der Waals surface area contributed by atoms with Gasteiger partial charge in [0.1, 0.15) is 5.82 Å². The van der Waals surface area contributed by atoms with Gasteiger partial charge in [0.05, 0.1) is 31.7 Å². The van der Waals surface area contributed by atoms with Crippen LogP contribution in [0, 0.1) is 6.92 Å². The Kier molecular flexibility index (Phi) is 6.51. The summed E-state index contributed by atoms with van der Waals surface area (Å²) >= 11 is 0. The number of nitrogens with one attached hydrogen (secondary N) is 1. The molecule has 0 aliphatic heterocycles. The maximum Gasteiger partial charge on any atom is 0.258 e. The Labute approximate surface area is 175 Å². The number of carbonyl (C=O) groups is 1. The smallest absolute Gasteiger partial charge is 0.258 e. The normalized spacial score (nSPS) is 11.1. The van der Waals surface area contributed by atoms with E-state index in [0.29, 0.717) is 34.8 Å². The molecule has 0 bridgehead atoms. The summed E-state index contributed by atoms with van der Waals surface area (Å²) < 4.78 is 10.5. The molecule has 0 fully saturated rings. The van der Waals surface area contributed by atoms with Crippen LogP contribution in [0.3, 0.4) is 0 Å². The first kappa shape index (κ1) is 21.1. The zero-order valence-corrected chi connectivity index (χ0v) is 17.6. The van der Waals surface area contributed by atoms with Crippen molar-refractivity contribution in [3.8, 4) is 11.5 Å². The molecule has 1 heterocycles. The fourth-order valence-corrected chi connectivity index (χ4v) is 3.07. The van der Waals surface area contributed by atoms with Crippen LogP contribution >= 0.6 is 0 Å². The number of aromatic amines is 1. The molecule has 0 saturated carbocycles. The Morgan fingerprint density at radius 2 is 1.80 bits per heavy atom. The van der Waals surface area contributed by atoms with Gasteiger partial charge in [-0.25, -0.2) is 4.98 Å². The molecule has 1 N–H and O–H groups in total. The van der Waals surface area contributed by atoms with Crippen LogP contribution in [0.15, 0.2) is 47.3 Å². The predicted molar refractivity (Wildman–Crippen MR) is 117 cm³/mol. The number of amides is 1. The molecule has 2 aromatic carbocycles. The number of rotatable bonds is 7. The van der Waals surface area contributed by atoms with Crippen molar-refractivity contribution in [1.82, 2.24) is 14.9 Å². The highest BCUT2D eigenvalue weighted by molar-refractivity contribution is 5.91. The second-order valence-corrected chi connectivity index (χ2v) is 6.83. The molecule has 156 valence electrons. The van der Waals surface area contributed by atoms with Crippen LogP contribution < -0.4 is 15.0 Å². The van der Waals surface area contributed by atoms with Gasteiger partial charge in [0.15, 0.2) is 11.5 Å². The van der Waals surface area contributed by atoms with Crippen LogP contribution in [0.25, 0.3) is 17.0 Å². The van der Waals surface area contributed by atoms with E-state index in [1.165, 1.54) is 20.3 Å². The first-order chi connectivity index (χ1) is 14.4. The maximum atomic E-state index is 12.6. The third-order valence-electron chi connectivity index (χ3n) is 4.79. The van der Waals surface area contributed by atoms with E-state index in [1.54, 1.807) is 23.1 Å². The average molecular weight is 407 g/mol. The van der Waals surface area contributed by atoms with Gasteiger partial charge < -0.3 is 19.4 Å². The lowest BCUT2D eigenvalue weighted by molar-refractivity contribution is -0.126. The number of nitrogens with zero attached hydrogens (tertiary/aromatic N) is 2. The molecule has 1 aromatic heterocycles. The van der Waals surface area contributed by atoms with E-state index >= 15 is 0 Å². The Bertz CT molecular complexity index is 1130. The summed E-state index contributed by atoms with van der Waals surface area (Å²) in [5.41, 5.74) is 2.29. The molecule has 3 rings (SSSR count). The molecule has 7 heteroatoms. The first-order valence-corrected chi connectivity index (χ1v) is 9.63. The summed E-state index contributed by atoms with van der Waals surface area (Å²) in [5.74, 6) is 1.18. The molecule has 0 spiro atoms. The van der Waals surface area contributed by atoms with Crippen LogP contribution in [-0.2, 0) is 11.3 Å². The zero-order valence-electron chi connectivity index (χ0n) is 17.6. The van der Waals surface area contributed by atoms with Crippen LogP contribution in [0.1, 0.15) is 23.9 Å². The van der Waals surface area contributed by atoms with Gasteiger partial charge in [-0.05, 0) is 31.6 Å². The van der Waals surface area contributed by atoms with Crippen molar-refractivity contribution in [2.75, 3.05) is 20.8 Å². The Morgan fingerprint density at radius 1 is 1.13 bits per heavy atom. The molecular weight excluding hydrogens is 382 g/mol. The molecule has 0 atom stereocenters. The quantitative estimate of drug-likeness (QED) is 0.608. The third kappa shape index (κ3) is 4.68. The van der Waals surface area contributed by atoms with E-state index < -0.39 is 0 Å². The minimum absolute atomic E-state index is 0.159. The molecule has 30 heavy (non-hydrogen) atoms. The van der Waals surface area contributed by atoms with E-state index in [1.807, 2.05) is 38.1 Å². The lowest BCUT2D eigenvalue weighted by atomic mass is 10.1. The van der Waals surface area contributed by atoms with Crippen molar-refractivity contribution in [1.29, 1.82) is 0 Å². The standard InChI is InChI=1S/C23H25N3O4/c1-5-26(22(27)11-10-16-8-6-15(2)7-9-16)14-21-24-18-13-20(30-4)19(29-3)12-17(18)23(28)25-21/h6-13H,5,14H2,1-4H3,(H,24,25,28)/b11-10+. The molecule has 0 aliphatic rings. The van der Waals surface area contributed by atoms with E-state index in [2.05, 4.69) is 9.97 Å². The molecule has 0 unspecified atom stereocenters. The summed E-state index contributed by atoms with van der Waals surface area (Å²) in [6.07, 6.45) is 3.30. The zero-order chi connectivity index (χ0) is 21.7. The molecule has 1 amide bonds. The van der Waals surface area contributed by atoms with Crippen LogP contribution in [0.5, 0.6) is 11.5 Å². The number of methoxy groups -OCH3 is 2. The Morgan fingerprint density at radius 3 is 2.43 bits per heavy atom. The number of benzene rings is 2. The van der Waals surface area contributed by atoms with Crippen LogP contribution in [0.4, 0.5) is 0 Å². The van der Waals surface area contributed by atoms with E-state index in [9.17, 15) is 9.59 Å². The van der Waals surface area contributed by atoms with Crippen molar-refractivity contribution in [2.45, 2.75) is 20.4 Å². The average Bonchev–Trinajstić information content (AvgIpc) is 2.76. The van der Waals surface area contributed by atoms with Gasteiger partial charge in [-0.15, -0.1) is 0 Å². The Balaban J connectivity index is 1.84. The van der Waals surface area contributed by atoms with Gasteiger partial charge >= 0.3 is 0 Å². The molecule has 0 aliphatic carbocycles. The predicted octanol–water partition coefficient (Wildman–Crippen LogP) is 3.31. The minimum atomic E-state index is -0.297. The van der Waals surface area contributed by atoms with Gasteiger partial charge in [0.2, 0.25) is 5.91 Å². The number of ether oxygens (including phenoxy) is 2. The molecule has 7 nitrogen and oxygen atoms in total. The van der Waals surface area contributed by atoms with Crippen molar-refractivity contribution in [3.63, 3.8) is 0 Å². The number of hydrogen-bond donors (Lipinski definition) is 1. The van der Waals surface area contributed by atoms with Crippen LogP contribution in [0.2, 0.25) is 0 Å². The van der Waals surface area contributed by atoms with Crippen molar-refractivity contribution in [2.24, 2.45) is 0 Å². The van der Waals surface area contributed by atoms with Crippen molar-refractivity contribution in [3.05, 3.63) is 69.8 Å². The summed E-state index contributed by atoms with van der Waals surface area (Å²) in [6.45, 7) is 4.56.